The van der Waals surface area contributed by atoms with E-state index in [1.165, 1.54) is 0 Å². The van der Waals surface area contributed by atoms with Crippen LogP contribution >= 0.6 is 0 Å². The zero-order valence-electron chi connectivity index (χ0n) is 15.8. The van der Waals surface area contributed by atoms with E-state index in [2.05, 4.69) is 37.5 Å². The molecule has 0 bridgehead atoms. The van der Waals surface area contributed by atoms with E-state index >= 15 is 0 Å². The molecule has 134 valence electrons. The standard InChI is InChI=1S/C8H17NO.C7H16N2O.C2H6/c1-7(2)9-4-5-10-8(3)6-9;1-6-5-9(7(2)8)3-4-10-6;1-2/h7-8H,4-6H2,1-3H3;6-7H,3-5,8H2,1-2H3;1-2H3/t8-;6-,7-;/m11./s1. The molecule has 2 aliphatic heterocycles. The summed E-state index contributed by atoms with van der Waals surface area (Å²) in [5.74, 6) is 0. The fraction of sp³-hybridized carbons (Fsp3) is 1.00. The Morgan fingerprint density at radius 1 is 0.864 bits per heavy atom. The molecule has 0 spiro atoms. The maximum Gasteiger partial charge on any atom is 0.0675 e. The number of hydrogen-bond acceptors (Lipinski definition) is 5. The molecule has 2 fully saturated rings. The van der Waals surface area contributed by atoms with E-state index in [0.717, 1.165) is 39.4 Å². The average Bonchev–Trinajstić information content (AvgIpc) is 2.50. The van der Waals surface area contributed by atoms with Gasteiger partial charge in [-0.1, -0.05) is 13.8 Å². The number of ether oxygens (including phenoxy) is 2. The first-order valence-corrected chi connectivity index (χ1v) is 8.87. The Morgan fingerprint density at radius 3 is 1.55 bits per heavy atom. The second-order valence-electron chi connectivity index (χ2n) is 6.19. The Morgan fingerprint density at radius 2 is 1.27 bits per heavy atom. The van der Waals surface area contributed by atoms with Gasteiger partial charge in [0.05, 0.1) is 31.6 Å². The molecule has 2 saturated heterocycles. The highest BCUT2D eigenvalue weighted by Crippen LogP contribution is 2.07. The van der Waals surface area contributed by atoms with Crippen molar-refractivity contribution in [2.45, 2.75) is 72.9 Å². The monoisotopic (exact) mass is 317 g/mol. The van der Waals surface area contributed by atoms with Gasteiger partial charge in [0.15, 0.2) is 0 Å². The first-order chi connectivity index (χ1) is 10.4. The molecule has 0 amide bonds. The summed E-state index contributed by atoms with van der Waals surface area (Å²) in [5.41, 5.74) is 5.70. The summed E-state index contributed by atoms with van der Waals surface area (Å²) in [5, 5.41) is 0. The van der Waals surface area contributed by atoms with Gasteiger partial charge in [-0.25, -0.2) is 0 Å². The Balaban J connectivity index is 0.000000360. The topological polar surface area (TPSA) is 51.0 Å². The van der Waals surface area contributed by atoms with Crippen LogP contribution in [0.1, 0.15) is 48.5 Å². The minimum Gasteiger partial charge on any atom is -0.376 e. The molecule has 0 aromatic heterocycles. The molecule has 22 heavy (non-hydrogen) atoms. The van der Waals surface area contributed by atoms with Crippen molar-refractivity contribution in [3.05, 3.63) is 0 Å². The second-order valence-corrected chi connectivity index (χ2v) is 6.19. The Hall–Kier alpha value is -0.200. The van der Waals surface area contributed by atoms with E-state index < -0.39 is 0 Å². The normalized spacial score (nSPS) is 28.2. The molecular weight excluding hydrogens is 278 g/mol. The molecule has 2 aliphatic rings. The van der Waals surface area contributed by atoms with Gasteiger partial charge in [-0.15, -0.1) is 0 Å². The molecule has 0 unspecified atom stereocenters. The summed E-state index contributed by atoms with van der Waals surface area (Å²) in [4.78, 5) is 4.68. The van der Waals surface area contributed by atoms with Gasteiger partial charge >= 0.3 is 0 Å². The predicted octanol–water partition coefficient (Wildman–Crippen LogP) is 2.15. The van der Waals surface area contributed by atoms with E-state index in [-0.39, 0.29) is 6.17 Å². The molecule has 5 nitrogen and oxygen atoms in total. The highest BCUT2D eigenvalue weighted by Gasteiger charge is 2.18. The van der Waals surface area contributed by atoms with Crippen molar-refractivity contribution < 1.29 is 9.47 Å². The van der Waals surface area contributed by atoms with Gasteiger partial charge in [0.1, 0.15) is 0 Å². The lowest BCUT2D eigenvalue weighted by atomic mass is 10.2. The lowest BCUT2D eigenvalue weighted by molar-refractivity contribution is -0.0305. The third-order valence-electron chi connectivity index (χ3n) is 3.85. The van der Waals surface area contributed by atoms with Crippen LogP contribution in [-0.4, -0.2) is 73.6 Å². The molecule has 2 rings (SSSR count). The number of nitrogens with zero attached hydrogens (tertiary/aromatic N) is 2. The lowest BCUT2D eigenvalue weighted by Gasteiger charge is -2.33. The van der Waals surface area contributed by atoms with Crippen LogP contribution in [0.2, 0.25) is 0 Å². The number of hydrogen-bond donors (Lipinski definition) is 1. The van der Waals surface area contributed by atoms with Crippen LogP contribution in [0.4, 0.5) is 0 Å². The van der Waals surface area contributed by atoms with E-state index in [1.54, 1.807) is 0 Å². The number of nitrogens with two attached hydrogens (primary N) is 1. The number of rotatable bonds is 2. The van der Waals surface area contributed by atoms with E-state index in [4.69, 9.17) is 15.2 Å². The summed E-state index contributed by atoms with van der Waals surface area (Å²) in [7, 11) is 0. The molecule has 0 aromatic rings. The van der Waals surface area contributed by atoms with E-state index in [9.17, 15) is 0 Å². The van der Waals surface area contributed by atoms with Crippen molar-refractivity contribution in [1.29, 1.82) is 0 Å². The van der Waals surface area contributed by atoms with Crippen molar-refractivity contribution in [2.24, 2.45) is 5.73 Å². The summed E-state index contributed by atoms with van der Waals surface area (Å²) < 4.78 is 10.8. The average molecular weight is 318 g/mol. The molecule has 5 heteroatoms. The highest BCUT2D eigenvalue weighted by molar-refractivity contribution is 4.70. The summed E-state index contributed by atoms with van der Waals surface area (Å²) in [6.45, 7) is 20.6. The van der Waals surface area contributed by atoms with Crippen LogP contribution in [0.3, 0.4) is 0 Å². The van der Waals surface area contributed by atoms with Gasteiger partial charge in [-0.3, -0.25) is 9.80 Å². The fourth-order valence-corrected chi connectivity index (χ4v) is 2.53. The van der Waals surface area contributed by atoms with Crippen LogP contribution in [0.25, 0.3) is 0 Å². The Kier molecular flexibility index (Phi) is 12.1. The van der Waals surface area contributed by atoms with Crippen LogP contribution in [0.15, 0.2) is 0 Å². The summed E-state index contributed by atoms with van der Waals surface area (Å²) in [6.07, 6.45) is 0.947. The minimum absolute atomic E-state index is 0.173. The second kappa shape index (κ2) is 12.3. The Bertz CT molecular complexity index is 236. The van der Waals surface area contributed by atoms with Crippen LogP contribution in [0.5, 0.6) is 0 Å². The predicted molar refractivity (Wildman–Crippen MR) is 94.1 cm³/mol. The van der Waals surface area contributed by atoms with Crippen molar-refractivity contribution in [2.75, 3.05) is 39.4 Å². The van der Waals surface area contributed by atoms with Crippen molar-refractivity contribution in [3.8, 4) is 0 Å². The number of morpholine rings is 2. The first kappa shape index (κ1) is 21.8. The molecule has 2 heterocycles. The maximum absolute atomic E-state index is 5.70. The maximum atomic E-state index is 5.70. The highest BCUT2D eigenvalue weighted by atomic mass is 16.5. The zero-order chi connectivity index (χ0) is 17.1. The SMILES string of the molecule is CC.CC(C)N1CCO[C@H](C)C1.C[C@@H]1CN([C@H](C)N)CCO1. The lowest BCUT2D eigenvalue weighted by Crippen LogP contribution is -2.49. The molecular formula is C17H39N3O2. The molecule has 0 aliphatic carbocycles. The van der Waals surface area contributed by atoms with Crippen LogP contribution in [-0.2, 0) is 9.47 Å². The molecule has 0 aromatic carbocycles. The minimum atomic E-state index is 0.173. The zero-order valence-corrected chi connectivity index (χ0v) is 15.8. The van der Waals surface area contributed by atoms with Crippen LogP contribution < -0.4 is 5.73 Å². The molecule has 0 radical (unpaired) electrons. The molecule has 2 N–H and O–H groups in total. The van der Waals surface area contributed by atoms with Crippen molar-refractivity contribution in [3.63, 3.8) is 0 Å². The largest absolute Gasteiger partial charge is 0.376 e. The quantitative estimate of drug-likeness (QED) is 0.846. The molecule has 0 saturated carbocycles. The summed E-state index contributed by atoms with van der Waals surface area (Å²) >= 11 is 0. The van der Waals surface area contributed by atoms with Gasteiger partial charge in [-0.05, 0) is 34.6 Å². The van der Waals surface area contributed by atoms with Gasteiger partial charge < -0.3 is 15.2 Å². The van der Waals surface area contributed by atoms with E-state index in [0.29, 0.717) is 18.2 Å². The smallest absolute Gasteiger partial charge is 0.0675 e. The fourth-order valence-electron chi connectivity index (χ4n) is 2.53. The molecule has 3 atom stereocenters. The van der Waals surface area contributed by atoms with E-state index in [1.807, 2.05) is 20.8 Å². The third kappa shape index (κ3) is 9.06. The van der Waals surface area contributed by atoms with Gasteiger partial charge in [0.2, 0.25) is 0 Å². The van der Waals surface area contributed by atoms with Crippen molar-refractivity contribution >= 4 is 0 Å². The van der Waals surface area contributed by atoms with Crippen molar-refractivity contribution in [1.82, 2.24) is 9.80 Å². The van der Waals surface area contributed by atoms with Gasteiger partial charge in [0, 0.05) is 32.2 Å². The first-order valence-electron chi connectivity index (χ1n) is 8.87. The van der Waals surface area contributed by atoms with Gasteiger partial charge in [0.25, 0.3) is 0 Å². The Labute approximate surface area is 138 Å². The van der Waals surface area contributed by atoms with Gasteiger partial charge in [-0.2, -0.15) is 0 Å². The summed E-state index contributed by atoms with van der Waals surface area (Å²) in [6, 6.07) is 0.673. The third-order valence-corrected chi connectivity index (χ3v) is 3.85. The van der Waals surface area contributed by atoms with Crippen LogP contribution in [0, 0.1) is 0 Å².